The fourth-order valence-corrected chi connectivity index (χ4v) is 3.16. The summed E-state index contributed by atoms with van der Waals surface area (Å²) >= 11 is 0. The van der Waals surface area contributed by atoms with Gasteiger partial charge in [0.1, 0.15) is 5.82 Å². The molecule has 0 unspecified atom stereocenters. The monoisotopic (exact) mass is 376 g/mol. The highest BCUT2D eigenvalue weighted by molar-refractivity contribution is 5.79. The van der Waals surface area contributed by atoms with E-state index in [1.807, 2.05) is 0 Å². The molecule has 148 valence electrons. The van der Waals surface area contributed by atoms with Crippen molar-refractivity contribution in [3.05, 3.63) is 47.3 Å². The molecule has 0 heterocycles. The van der Waals surface area contributed by atoms with Crippen LogP contribution >= 0.6 is 0 Å². The van der Waals surface area contributed by atoms with Crippen molar-refractivity contribution >= 4 is 11.9 Å². The van der Waals surface area contributed by atoms with Gasteiger partial charge in [-0.05, 0) is 56.7 Å². The standard InChI is InChI=1S/C21H29FN2O3/c1-2-27-21(26)16-24(14-18-8-10-19(22)11-9-18)15-20(25)23-13-12-17-6-4-3-5-7-17/h6,8-11H,2-5,7,12-16H2,1H3,(H,23,25). The number of hydrogen-bond donors (Lipinski definition) is 1. The number of carbonyl (C=O) groups is 2. The van der Waals surface area contributed by atoms with Crippen LogP contribution < -0.4 is 5.32 Å². The topological polar surface area (TPSA) is 58.6 Å². The number of benzene rings is 1. The number of hydrogen-bond acceptors (Lipinski definition) is 4. The summed E-state index contributed by atoms with van der Waals surface area (Å²) in [7, 11) is 0. The second-order valence-corrected chi connectivity index (χ2v) is 6.78. The quantitative estimate of drug-likeness (QED) is 0.503. The first-order chi connectivity index (χ1) is 13.1. The van der Waals surface area contributed by atoms with E-state index in [1.54, 1.807) is 24.0 Å². The number of ether oxygens (including phenoxy) is 1. The first-order valence-corrected chi connectivity index (χ1v) is 9.64. The number of allylic oxidation sites excluding steroid dienone is 1. The van der Waals surface area contributed by atoms with E-state index in [0.717, 1.165) is 24.8 Å². The van der Waals surface area contributed by atoms with E-state index < -0.39 is 0 Å². The lowest BCUT2D eigenvalue weighted by molar-refractivity contribution is -0.144. The lowest BCUT2D eigenvalue weighted by Gasteiger charge is -2.21. The molecule has 0 fully saturated rings. The molecule has 6 heteroatoms. The predicted molar refractivity (Wildman–Crippen MR) is 102 cm³/mol. The molecule has 0 saturated heterocycles. The summed E-state index contributed by atoms with van der Waals surface area (Å²) in [5.74, 6) is -0.817. The van der Waals surface area contributed by atoms with Crippen LogP contribution in [-0.2, 0) is 20.9 Å². The van der Waals surface area contributed by atoms with Crippen molar-refractivity contribution < 1.29 is 18.7 Å². The van der Waals surface area contributed by atoms with Crippen LogP contribution in [0.3, 0.4) is 0 Å². The summed E-state index contributed by atoms with van der Waals surface area (Å²) < 4.78 is 18.1. The maximum absolute atomic E-state index is 13.1. The molecule has 1 aliphatic rings. The largest absolute Gasteiger partial charge is 0.465 e. The van der Waals surface area contributed by atoms with Crippen LogP contribution in [0.1, 0.15) is 44.6 Å². The fourth-order valence-electron chi connectivity index (χ4n) is 3.16. The molecule has 0 bridgehead atoms. The van der Waals surface area contributed by atoms with Crippen LogP contribution in [0.4, 0.5) is 4.39 Å². The van der Waals surface area contributed by atoms with Crippen LogP contribution in [-0.4, -0.2) is 43.0 Å². The van der Waals surface area contributed by atoms with Crippen molar-refractivity contribution in [1.29, 1.82) is 0 Å². The number of rotatable bonds is 10. The summed E-state index contributed by atoms with van der Waals surface area (Å²) in [6.07, 6.45) is 7.88. The number of nitrogens with one attached hydrogen (secondary N) is 1. The molecule has 0 atom stereocenters. The smallest absolute Gasteiger partial charge is 0.320 e. The van der Waals surface area contributed by atoms with Gasteiger partial charge in [-0.1, -0.05) is 23.8 Å². The predicted octanol–water partition coefficient (Wildman–Crippen LogP) is 3.20. The molecular formula is C21H29FN2O3. The number of nitrogens with zero attached hydrogens (tertiary/aromatic N) is 1. The zero-order valence-electron chi connectivity index (χ0n) is 16.0. The number of carbonyl (C=O) groups excluding carboxylic acids is 2. The Kier molecular flexibility index (Phi) is 8.98. The summed E-state index contributed by atoms with van der Waals surface area (Å²) in [4.78, 5) is 25.8. The molecular weight excluding hydrogens is 347 g/mol. The zero-order valence-corrected chi connectivity index (χ0v) is 16.0. The van der Waals surface area contributed by atoms with Crippen LogP contribution in [0.25, 0.3) is 0 Å². The van der Waals surface area contributed by atoms with Gasteiger partial charge in [0.2, 0.25) is 5.91 Å². The van der Waals surface area contributed by atoms with Gasteiger partial charge < -0.3 is 10.1 Å². The van der Waals surface area contributed by atoms with Crippen molar-refractivity contribution in [2.75, 3.05) is 26.2 Å². The van der Waals surface area contributed by atoms with Gasteiger partial charge >= 0.3 is 5.97 Å². The molecule has 1 N–H and O–H groups in total. The van der Waals surface area contributed by atoms with Gasteiger partial charge in [-0.25, -0.2) is 4.39 Å². The van der Waals surface area contributed by atoms with Crippen molar-refractivity contribution in [2.45, 2.75) is 45.6 Å². The highest BCUT2D eigenvalue weighted by atomic mass is 19.1. The van der Waals surface area contributed by atoms with Crippen LogP contribution in [0.5, 0.6) is 0 Å². The summed E-state index contributed by atoms with van der Waals surface area (Å²) in [5, 5.41) is 2.93. The average Bonchev–Trinajstić information content (AvgIpc) is 2.64. The number of esters is 1. The van der Waals surface area contributed by atoms with E-state index in [1.165, 1.54) is 30.5 Å². The Labute approximate surface area is 160 Å². The van der Waals surface area contributed by atoms with Gasteiger partial charge in [-0.2, -0.15) is 0 Å². The second-order valence-electron chi connectivity index (χ2n) is 6.78. The Morgan fingerprint density at radius 2 is 1.96 bits per heavy atom. The molecule has 1 aromatic carbocycles. The Morgan fingerprint density at radius 1 is 1.19 bits per heavy atom. The van der Waals surface area contributed by atoms with E-state index in [2.05, 4.69) is 11.4 Å². The van der Waals surface area contributed by atoms with Gasteiger partial charge in [0, 0.05) is 13.1 Å². The molecule has 0 aromatic heterocycles. The maximum atomic E-state index is 13.1. The molecule has 1 aromatic rings. The molecule has 27 heavy (non-hydrogen) atoms. The van der Waals surface area contributed by atoms with E-state index in [4.69, 9.17) is 4.74 Å². The Bertz CT molecular complexity index is 643. The molecule has 0 aliphatic heterocycles. The lowest BCUT2D eigenvalue weighted by atomic mass is 9.97. The molecule has 0 radical (unpaired) electrons. The maximum Gasteiger partial charge on any atom is 0.320 e. The summed E-state index contributed by atoms with van der Waals surface area (Å²) in [5.41, 5.74) is 2.25. The van der Waals surface area contributed by atoms with E-state index in [-0.39, 0.29) is 30.8 Å². The van der Waals surface area contributed by atoms with E-state index in [0.29, 0.717) is 19.7 Å². The SMILES string of the molecule is CCOC(=O)CN(CC(=O)NCCC1=CCCCC1)Cc1ccc(F)cc1. The van der Waals surface area contributed by atoms with Crippen LogP contribution in [0.15, 0.2) is 35.9 Å². The Balaban J connectivity index is 1.85. The third-order valence-electron chi connectivity index (χ3n) is 4.50. The van der Waals surface area contributed by atoms with Gasteiger partial charge in [-0.3, -0.25) is 14.5 Å². The van der Waals surface area contributed by atoms with Gasteiger partial charge in [-0.15, -0.1) is 0 Å². The van der Waals surface area contributed by atoms with Gasteiger partial charge in [0.25, 0.3) is 0 Å². The average molecular weight is 376 g/mol. The fraction of sp³-hybridized carbons (Fsp3) is 0.524. The molecule has 1 aliphatic carbocycles. The second kappa shape index (κ2) is 11.5. The van der Waals surface area contributed by atoms with E-state index in [9.17, 15) is 14.0 Å². The molecule has 5 nitrogen and oxygen atoms in total. The molecule has 1 amide bonds. The Hall–Kier alpha value is -2.21. The molecule has 2 rings (SSSR count). The normalized spacial score (nSPS) is 14.0. The molecule has 0 saturated carbocycles. The summed E-state index contributed by atoms with van der Waals surface area (Å²) in [6, 6.07) is 6.05. The first-order valence-electron chi connectivity index (χ1n) is 9.64. The van der Waals surface area contributed by atoms with Crippen LogP contribution in [0, 0.1) is 5.82 Å². The lowest BCUT2D eigenvalue weighted by Crippen LogP contribution is -2.40. The van der Waals surface area contributed by atoms with Gasteiger partial charge in [0.15, 0.2) is 0 Å². The summed E-state index contributed by atoms with van der Waals surface area (Å²) in [6.45, 7) is 3.13. The highest BCUT2D eigenvalue weighted by Gasteiger charge is 2.16. The Morgan fingerprint density at radius 3 is 2.63 bits per heavy atom. The van der Waals surface area contributed by atoms with Crippen LogP contribution in [0.2, 0.25) is 0 Å². The minimum atomic E-state index is -0.375. The van der Waals surface area contributed by atoms with Crippen molar-refractivity contribution in [2.24, 2.45) is 0 Å². The highest BCUT2D eigenvalue weighted by Crippen LogP contribution is 2.19. The minimum Gasteiger partial charge on any atom is -0.465 e. The van der Waals surface area contributed by atoms with E-state index >= 15 is 0 Å². The first kappa shape index (κ1) is 21.1. The number of halogens is 1. The third kappa shape index (κ3) is 8.35. The third-order valence-corrected chi connectivity index (χ3v) is 4.50. The van der Waals surface area contributed by atoms with Crippen molar-refractivity contribution in [3.8, 4) is 0 Å². The minimum absolute atomic E-state index is 0.0176. The van der Waals surface area contributed by atoms with Gasteiger partial charge in [0.05, 0.1) is 19.7 Å². The van der Waals surface area contributed by atoms with Crippen molar-refractivity contribution in [3.63, 3.8) is 0 Å². The zero-order chi connectivity index (χ0) is 19.5. The number of amides is 1. The molecule has 0 spiro atoms. The van der Waals surface area contributed by atoms with Crippen molar-refractivity contribution in [1.82, 2.24) is 10.2 Å².